The molecule has 0 heterocycles. The highest BCUT2D eigenvalue weighted by Gasteiger charge is 2.07. The Bertz CT molecular complexity index is 1130. The maximum absolute atomic E-state index is 10.8. The van der Waals surface area contributed by atoms with Gasteiger partial charge in [-0.05, 0) is 48.5 Å². The third kappa shape index (κ3) is 5.67. The first-order chi connectivity index (χ1) is 15.0. The Morgan fingerprint density at radius 2 is 1.39 bits per heavy atom. The minimum absolute atomic E-state index is 0.0391. The van der Waals surface area contributed by atoms with E-state index in [4.69, 9.17) is 4.74 Å². The fraction of sp³-hybridized carbons (Fsp3) is 0.0500. The van der Waals surface area contributed by atoms with Crippen molar-refractivity contribution in [2.24, 2.45) is 15.3 Å². The van der Waals surface area contributed by atoms with E-state index in [1.54, 1.807) is 31.4 Å². The zero-order valence-corrected chi connectivity index (χ0v) is 16.2. The second-order valence-electron chi connectivity index (χ2n) is 6.05. The fourth-order valence-electron chi connectivity index (χ4n) is 2.41. The monoisotopic (exact) mass is 420 g/mol. The minimum atomic E-state index is -0.501. The normalized spacial score (nSPS) is 11.3. The average Bonchev–Trinajstić information content (AvgIpc) is 2.80. The largest absolute Gasteiger partial charge is 0.497 e. The summed E-state index contributed by atoms with van der Waals surface area (Å²) in [6.07, 6.45) is 0. The highest BCUT2D eigenvalue weighted by Crippen LogP contribution is 2.20. The van der Waals surface area contributed by atoms with Crippen LogP contribution in [0.3, 0.4) is 0 Å². The van der Waals surface area contributed by atoms with Gasteiger partial charge < -0.3 is 4.74 Å². The molecular weight excluding hydrogens is 404 g/mol. The molecule has 0 amide bonds. The highest BCUT2D eigenvalue weighted by atomic mass is 16.6. The molecule has 31 heavy (non-hydrogen) atoms. The quantitative estimate of drug-likeness (QED) is 0.186. The number of anilines is 1. The van der Waals surface area contributed by atoms with Gasteiger partial charge in [0.1, 0.15) is 5.75 Å². The Morgan fingerprint density at radius 1 is 0.839 bits per heavy atom. The van der Waals surface area contributed by atoms with Crippen molar-refractivity contribution in [2.45, 2.75) is 0 Å². The maximum atomic E-state index is 10.8. The summed E-state index contributed by atoms with van der Waals surface area (Å²) in [4.78, 5) is 20.6. The Kier molecular flexibility index (Phi) is 6.58. The molecule has 11 heteroatoms. The van der Waals surface area contributed by atoms with Crippen LogP contribution in [-0.2, 0) is 0 Å². The number of hydrogen-bond donors (Lipinski definition) is 1. The van der Waals surface area contributed by atoms with E-state index in [1.807, 2.05) is 0 Å². The van der Waals surface area contributed by atoms with Crippen LogP contribution in [0.2, 0.25) is 0 Å². The highest BCUT2D eigenvalue weighted by molar-refractivity contribution is 5.99. The SMILES string of the molecule is COc1ccc(C(N=Nc2ccc([N+](=O)[O-])cc2)=NNc2ccc([N+](=O)[O-])cc2)cc1. The van der Waals surface area contributed by atoms with Gasteiger partial charge in [-0.25, -0.2) is 0 Å². The minimum Gasteiger partial charge on any atom is -0.497 e. The molecule has 0 aliphatic carbocycles. The number of hydrazone groups is 1. The van der Waals surface area contributed by atoms with Gasteiger partial charge in [0.2, 0.25) is 5.84 Å². The summed E-state index contributed by atoms with van der Waals surface area (Å²) in [5.74, 6) is 0.873. The number of rotatable bonds is 7. The number of nitrogens with one attached hydrogen (secondary N) is 1. The van der Waals surface area contributed by atoms with E-state index in [1.165, 1.54) is 48.5 Å². The van der Waals surface area contributed by atoms with Gasteiger partial charge in [-0.15, -0.1) is 10.2 Å². The molecule has 0 bridgehead atoms. The van der Waals surface area contributed by atoms with Crippen LogP contribution in [0.25, 0.3) is 0 Å². The van der Waals surface area contributed by atoms with Crippen LogP contribution in [0, 0.1) is 20.2 Å². The second-order valence-corrected chi connectivity index (χ2v) is 6.05. The van der Waals surface area contributed by atoms with E-state index >= 15 is 0 Å². The molecule has 0 fully saturated rings. The molecule has 0 unspecified atom stereocenters. The van der Waals surface area contributed by atoms with Crippen molar-refractivity contribution >= 4 is 28.6 Å². The van der Waals surface area contributed by atoms with Crippen molar-refractivity contribution in [3.63, 3.8) is 0 Å². The lowest BCUT2D eigenvalue weighted by molar-refractivity contribution is -0.385. The third-order valence-corrected chi connectivity index (χ3v) is 4.04. The average molecular weight is 420 g/mol. The standard InChI is InChI=1S/C20H16N6O5/c1-31-19-12-2-14(3-13-19)20(23-21-15-4-8-17(9-5-15)25(27)28)24-22-16-6-10-18(11-7-16)26(29)30/h2-13,21H,1H3. The molecule has 0 radical (unpaired) electrons. The van der Waals surface area contributed by atoms with Gasteiger partial charge in [-0.3, -0.25) is 25.7 Å². The summed E-state index contributed by atoms with van der Waals surface area (Å²) in [6.45, 7) is 0. The van der Waals surface area contributed by atoms with E-state index in [0.717, 1.165) is 0 Å². The first-order valence-electron chi connectivity index (χ1n) is 8.85. The van der Waals surface area contributed by atoms with Crippen molar-refractivity contribution in [3.8, 4) is 5.75 Å². The number of non-ortho nitro benzene ring substituents is 2. The van der Waals surface area contributed by atoms with E-state index in [9.17, 15) is 20.2 Å². The number of benzene rings is 3. The molecule has 0 saturated carbocycles. The molecule has 11 nitrogen and oxygen atoms in total. The Morgan fingerprint density at radius 3 is 1.90 bits per heavy atom. The van der Waals surface area contributed by atoms with Crippen molar-refractivity contribution in [1.82, 2.24) is 0 Å². The first-order valence-corrected chi connectivity index (χ1v) is 8.85. The molecule has 3 rings (SSSR count). The van der Waals surface area contributed by atoms with E-state index in [0.29, 0.717) is 22.7 Å². The van der Waals surface area contributed by atoms with Crippen molar-refractivity contribution in [2.75, 3.05) is 12.5 Å². The van der Waals surface area contributed by atoms with Gasteiger partial charge in [-0.2, -0.15) is 5.10 Å². The molecule has 156 valence electrons. The van der Waals surface area contributed by atoms with E-state index < -0.39 is 9.85 Å². The predicted octanol–water partition coefficient (Wildman–Crippen LogP) is 5.07. The molecule has 0 spiro atoms. The molecule has 0 saturated heterocycles. The summed E-state index contributed by atoms with van der Waals surface area (Å²) in [5, 5.41) is 34.0. The molecule has 0 aromatic heterocycles. The van der Waals surface area contributed by atoms with Crippen LogP contribution in [0.1, 0.15) is 5.56 Å². The Labute approximate surface area is 176 Å². The van der Waals surface area contributed by atoms with Crippen molar-refractivity contribution < 1.29 is 14.6 Å². The third-order valence-electron chi connectivity index (χ3n) is 4.04. The Hall–Kier alpha value is -4.67. The van der Waals surface area contributed by atoms with Gasteiger partial charge in [0, 0.05) is 29.8 Å². The van der Waals surface area contributed by atoms with Crippen LogP contribution < -0.4 is 10.2 Å². The summed E-state index contributed by atoms with van der Waals surface area (Å²) < 4.78 is 5.15. The molecule has 3 aromatic carbocycles. The van der Waals surface area contributed by atoms with Crippen LogP contribution >= 0.6 is 0 Å². The number of nitro benzene ring substituents is 2. The predicted molar refractivity (Wildman–Crippen MR) is 114 cm³/mol. The lowest BCUT2D eigenvalue weighted by Crippen LogP contribution is -2.01. The van der Waals surface area contributed by atoms with Gasteiger partial charge in [0.15, 0.2) is 0 Å². The number of nitrogens with zero attached hydrogens (tertiary/aromatic N) is 5. The molecule has 1 N–H and O–H groups in total. The topological polar surface area (TPSA) is 145 Å². The van der Waals surface area contributed by atoms with Crippen molar-refractivity contribution in [3.05, 3.63) is 98.6 Å². The summed E-state index contributed by atoms with van der Waals surface area (Å²) >= 11 is 0. The molecule has 0 aliphatic rings. The molecule has 0 atom stereocenters. The van der Waals surface area contributed by atoms with Crippen molar-refractivity contribution in [1.29, 1.82) is 0 Å². The number of methoxy groups -OCH3 is 1. The molecular formula is C20H16N6O5. The van der Waals surface area contributed by atoms with Crippen LogP contribution in [0.4, 0.5) is 22.7 Å². The number of nitro groups is 2. The number of ether oxygens (including phenoxy) is 1. The molecule has 0 aliphatic heterocycles. The lowest BCUT2D eigenvalue weighted by Gasteiger charge is -2.05. The van der Waals surface area contributed by atoms with Gasteiger partial charge in [-0.1, -0.05) is 0 Å². The van der Waals surface area contributed by atoms with Crippen LogP contribution in [0.5, 0.6) is 5.75 Å². The van der Waals surface area contributed by atoms with Gasteiger partial charge in [0.05, 0.1) is 28.3 Å². The molecule has 3 aromatic rings. The smallest absolute Gasteiger partial charge is 0.269 e. The lowest BCUT2D eigenvalue weighted by atomic mass is 10.2. The first kappa shape index (κ1) is 21.0. The van der Waals surface area contributed by atoms with E-state index in [2.05, 4.69) is 20.8 Å². The Balaban J connectivity index is 1.87. The second kappa shape index (κ2) is 9.69. The summed E-state index contributed by atoms with van der Waals surface area (Å²) in [7, 11) is 1.55. The number of azo groups is 1. The summed E-state index contributed by atoms with van der Waals surface area (Å²) in [5.41, 5.74) is 4.24. The van der Waals surface area contributed by atoms with Crippen LogP contribution in [0.15, 0.2) is 88.1 Å². The number of hydrogen-bond acceptors (Lipinski definition) is 8. The fourth-order valence-corrected chi connectivity index (χ4v) is 2.41. The van der Waals surface area contributed by atoms with Gasteiger partial charge in [0.25, 0.3) is 11.4 Å². The van der Waals surface area contributed by atoms with Gasteiger partial charge >= 0.3 is 0 Å². The number of amidine groups is 1. The zero-order valence-electron chi connectivity index (χ0n) is 16.2. The summed E-state index contributed by atoms with van der Waals surface area (Å²) in [6, 6.07) is 18.3. The maximum Gasteiger partial charge on any atom is 0.269 e. The van der Waals surface area contributed by atoms with E-state index in [-0.39, 0.29) is 17.2 Å². The van der Waals surface area contributed by atoms with Crippen LogP contribution in [-0.4, -0.2) is 22.8 Å². The zero-order chi connectivity index (χ0) is 22.2.